The summed E-state index contributed by atoms with van der Waals surface area (Å²) in [6.45, 7) is 10.1. The molecule has 2 rings (SSSR count). The van der Waals surface area contributed by atoms with Crippen molar-refractivity contribution in [3.05, 3.63) is 0 Å². The van der Waals surface area contributed by atoms with E-state index in [1.54, 1.807) is 0 Å². The molecule has 0 amide bonds. The maximum Gasteiger partial charge on any atom is 0.0108 e. The molecule has 0 spiro atoms. The maximum atomic E-state index is 3.33. The molecular formula is C15H31N3. The monoisotopic (exact) mass is 253 g/mol. The number of likely N-dealkylation sites (tertiary alicyclic amines) is 2. The molecular weight excluding hydrogens is 222 g/mol. The minimum absolute atomic E-state index is 0.872. The Kier molecular flexibility index (Phi) is 5.93. The van der Waals surface area contributed by atoms with Crippen LogP contribution in [0, 0.1) is 5.92 Å². The van der Waals surface area contributed by atoms with E-state index in [0.29, 0.717) is 0 Å². The Bertz CT molecular complexity index is 224. The normalized spacial score (nSPS) is 29.3. The Morgan fingerprint density at radius 3 is 2.44 bits per heavy atom. The summed E-state index contributed by atoms with van der Waals surface area (Å²) < 4.78 is 0. The first-order chi connectivity index (χ1) is 8.83. The number of nitrogens with zero attached hydrogens (tertiary/aromatic N) is 2. The topological polar surface area (TPSA) is 18.5 Å². The van der Waals surface area contributed by atoms with Crippen LogP contribution in [0.1, 0.15) is 39.0 Å². The molecule has 3 nitrogen and oxygen atoms in total. The summed E-state index contributed by atoms with van der Waals surface area (Å²) in [5.74, 6) is 0.921. The van der Waals surface area contributed by atoms with Gasteiger partial charge in [0.05, 0.1) is 0 Å². The molecule has 0 bridgehead atoms. The zero-order chi connectivity index (χ0) is 12.8. The molecule has 0 aromatic heterocycles. The van der Waals surface area contributed by atoms with Crippen LogP contribution in [0.4, 0.5) is 0 Å². The number of hydrogen-bond acceptors (Lipinski definition) is 3. The lowest BCUT2D eigenvalue weighted by atomic mass is 9.94. The Morgan fingerprint density at radius 2 is 1.78 bits per heavy atom. The lowest BCUT2D eigenvalue weighted by Crippen LogP contribution is -2.43. The summed E-state index contributed by atoms with van der Waals surface area (Å²) in [6, 6.07) is 0.872. The van der Waals surface area contributed by atoms with Crippen molar-refractivity contribution in [2.24, 2.45) is 5.92 Å². The van der Waals surface area contributed by atoms with Crippen LogP contribution in [-0.4, -0.2) is 62.2 Å². The minimum Gasteiger partial charge on any atom is -0.319 e. The SMILES string of the molecule is CCN1CCCC(N2CCC(CNC)CC2)CC1. The Balaban J connectivity index is 1.75. The van der Waals surface area contributed by atoms with E-state index in [4.69, 9.17) is 0 Å². The van der Waals surface area contributed by atoms with E-state index in [1.807, 2.05) is 0 Å². The zero-order valence-corrected chi connectivity index (χ0v) is 12.3. The molecule has 2 aliphatic heterocycles. The third-order valence-electron chi connectivity index (χ3n) is 4.90. The molecule has 0 aromatic rings. The number of rotatable bonds is 4. The summed E-state index contributed by atoms with van der Waals surface area (Å²) >= 11 is 0. The van der Waals surface area contributed by atoms with Gasteiger partial charge in [0.2, 0.25) is 0 Å². The lowest BCUT2D eigenvalue weighted by molar-refractivity contribution is 0.121. The van der Waals surface area contributed by atoms with E-state index in [0.717, 1.165) is 12.0 Å². The molecule has 1 unspecified atom stereocenters. The largest absolute Gasteiger partial charge is 0.319 e. The smallest absolute Gasteiger partial charge is 0.0108 e. The predicted octanol–water partition coefficient (Wildman–Crippen LogP) is 1.79. The van der Waals surface area contributed by atoms with Crippen molar-refractivity contribution in [2.45, 2.75) is 45.1 Å². The number of hydrogen-bond donors (Lipinski definition) is 1. The molecule has 2 saturated heterocycles. The highest BCUT2D eigenvalue weighted by molar-refractivity contribution is 4.82. The molecule has 3 heteroatoms. The van der Waals surface area contributed by atoms with Gasteiger partial charge in [-0.05, 0) is 84.3 Å². The predicted molar refractivity (Wildman–Crippen MR) is 78.0 cm³/mol. The van der Waals surface area contributed by atoms with E-state index in [9.17, 15) is 0 Å². The van der Waals surface area contributed by atoms with Gasteiger partial charge in [-0.3, -0.25) is 0 Å². The average molecular weight is 253 g/mol. The number of piperidine rings is 1. The van der Waals surface area contributed by atoms with Crippen LogP contribution in [0.2, 0.25) is 0 Å². The van der Waals surface area contributed by atoms with Gasteiger partial charge in [-0.2, -0.15) is 0 Å². The van der Waals surface area contributed by atoms with Crippen LogP contribution in [0.25, 0.3) is 0 Å². The first-order valence-corrected chi connectivity index (χ1v) is 7.94. The quantitative estimate of drug-likeness (QED) is 0.824. The van der Waals surface area contributed by atoms with Crippen LogP contribution in [0.5, 0.6) is 0 Å². The van der Waals surface area contributed by atoms with Crippen LogP contribution in [0.15, 0.2) is 0 Å². The third-order valence-corrected chi connectivity index (χ3v) is 4.90. The summed E-state index contributed by atoms with van der Waals surface area (Å²) in [7, 11) is 2.08. The standard InChI is InChI=1S/C15H31N3/c1-3-17-9-4-5-15(8-10-17)18-11-6-14(7-12-18)13-16-2/h14-16H,3-13H2,1-2H3. The molecule has 0 aliphatic carbocycles. The molecule has 2 aliphatic rings. The highest BCUT2D eigenvalue weighted by Gasteiger charge is 2.26. The van der Waals surface area contributed by atoms with Gasteiger partial charge in [0.1, 0.15) is 0 Å². The molecule has 2 fully saturated rings. The van der Waals surface area contributed by atoms with Gasteiger partial charge in [-0.25, -0.2) is 0 Å². The molecule has 0 radical (unpaired) electrons. The first kappa shape index (κ1) is 14.3. The van der Waals surface area contributed by atoms with Gasteiger partial charge in [0, 0.05) is 6.04 Å². The van der Waals surface area contributed by atoms with Crippen molar-refractivity contribution in [2.75, 3.05) is 46.3 Å². The Labute approximate surface area is 113 Å². The molecule has 1 atom stereocenters. The van der Waals surface area contributed by atoms with Crippen molar-refractivity contribution in [3.63, 3.8) is 0 Å². The fourth-order valence-corrected chi connectivity index (χ4v) is 3.63. The molecule has 0 saturated carbocycles. The first-order valence-electron chi connectivity index (χ1n) is 7.94. The van der Waals surface area contributed by atoms with Gasteiger partial charge in [-0.15, -0.1) is 0 Å². The second kappa shape index (κ2) is 7.46. The fourth-order valence-electron chi connectivity index (χ4n) is 3.63. The van der Waals surface area contributed by atoms with Crippen LogP contribution in [-0.2, 0) is 0 Å². The van der Waals surface area contributed by atoms with Gasteiger partial charge in [0.25, 0.3) is 0 Å². The maximum absolute atomic E-state index is 3.33. The summed E-state index contributed by atoms with van der Waals surface area (Å²) in [6.07, 6.45) is 7.01. The van der Waals surface area contributed by atoms with Crippen molar-refractivity contribution < 1.29 is 0 Å². The second-order valence-electron chi connectivity index (χ2n) is 6.06. The molecule has 1 N–H and O–H groups in total. The summed E-state index contributed by atoms with van der Waals surface area (Å²) in [5, 5.41) is 3.33. The van der Waals surface area contributed by atoms with Gasteiger partial charge in [0.15, 0.2) is 0 Å². The van der Waals surface area contributed by atoms with Gasteiger partial charge < -0.3 is 15.1 Å². The fraction of sp³-hybridized carbons (Fsp3) is 1.00. The van der Waals surface area contributed by atoms with Crippen molar-refractivity contribution in [1.29, 1.82) is 0 Å². The highest BCUT2D eigenvalue weighted by Crippen LogP contribution is 2.23. The highest BCUT2D eigenvalue weighted by atomic mass is 15.2. The molecule has 106 valence electrons. The molecule has 18 heavy (non-hydrogen) atoms. The lowest BCUT2D eigenvalue weighted by Gasteiger charge is -2.37. The van der Waals surface area contributed by atoms with E-state index in [1.165, 1.54) is 71.4 Å². The van der Waals surface area contributed by atoms with Crippen molar-refractivity contribution in [1.82, 2.24) is 15.1 Å². The second-order valence-corrected chi connectivity index (χ2v) is 6.06. The Hall–Kier alpha value is -0.120. The van der Waals surface area contributed by atoms with Gasteiger partial charge in [-0.1, -0.05) is 6.92 Å². The van der Waals surface area contributed by atoms with Gasteiger partial charge >= 0.3 is 0 Å². The Morgan fingerprint density at radius 1 is 1.00 bits per heavy atom. The number of nitrogens with one attached hydrogen (secondary N) is 1. The molecule has 0 aromatic carbocycles. The van der Waals surface area contributed by atoms with Crippen LogP contribution >= 0.6 is 0 Å². The van der Waals surface area contributed by atoms with Crippen LogP contribution in [0.3, 0.4) is 0 Å². The molecule has 2 heterocycles. The van der Waals surface area contributed by atoms with E-state index < -0.39 is 0 Å². The van der Waals surface area contributed by atoms with Crippen molar-refractivity contribution >= 4 is 0 Å². The minimum atomic E-state index is 0.872. The summed E-state index contributed by atoms with van der Waals surface area (Å²) in [4.78, 5) is 5.40. The average Bonchev–Trinajstić information content (AvgIpc) is 2.65. The summed E-state index contributed by atoms with van der Waals surface area (Å²) in [5.41, 5.74) is 0. The van der Waals surface area contributed by atoms with E-state index in [2.05, 4.69) is 29.1 Å². The van der Waals surface area contributed by atoms with Crippen LogP contribution < -0.4 is 5.32 Å². The third kappa shape index (κ3) is 3.94. The zero-order valence-electron chi connectivity index (χ0n) is 12.3. The van der Waals surface area contributed by atoms with Crippen molar-refractivity contribution in [3.8, 4) is 0 Å². The van der Waals surface area contributed by atoms with E-state index in [-0.39, 0.29) is 0 Å². The van der Waals surface area contributed by atoms with E-state index >= 15 is 0 Å².